The molecule has 3 N–H and O–H groups in total. The first kappa shape index (κ1) is 11.0. The lowest BCUT2D eigenvalue weighted by atomic mass is 10.2. The molecule has 0 amide bonds. The average Bonchev–Trinajstić information content (AvgIpc) is 1.77. The highest BCUT2D eigenvalue weighted by Crippen LogP contribution is 2.02. The second-order valence-electron chi connectivity index (χ2n) is 2.20. The Morgan fingerprint density at radius 2 is 2.09 bits per heavy atom. The summed E-state index contributed by atoms with van der Waals surface area (Å²) < 4.78 is 24.1. The van der Waals surface area contributed by atoms with E-state index >= 15 is 0 Å². The van der Waals surface area contributed by atoms with Gasteiger partial charge in [-0.05, 0) is 19.5 Å². The van der Waals surface area contributed by atoms with E-state index < -0.39 is 11.4 Å². The Morgan fingerprint density at radius 3 is 2.18 bits per heavy atom. The fourth-order valence-corrected chi connectivity index (χ4v) is 0.788. The van der Waals surface area contributed by atoms with Crippen molar-refractivity contribution < 1.29 is 13.3 Å². The van der Waals surface area contributed by atoms with Crippen molar-refractivity contribution in [3.8, 4) is 0 Å². The lowest BCUT2D eigenvalue weighted by molar-refractivity contribution is 0.187. The normalized spacial score (nSPS) is 19.5. The largest absolute Gasteiger partial charge is 0.750 e. The van der Waals surface area contributed by atoms with Crippen LogP contribution in [0.1, 0.15) is 6.42 Å². The molecule has 0 saturated carbocycles. The number of nitrogens with two attached hydrogens (primary N) is 1. The van der Waals surface area contributed by atoms with Gasteiger partial charge in [-0.15, -0.1) is 0 Å². The maximum atomic E-state index is 8.56. The quantitative estimate of drug-likeness (QED) is 0.533. The molecule has 68 valence electrons. The van der Waals surface area contributed by atoms with Crippen molar-refractivity contribution in [1.29, 1.82) is 0 Å². The van der Waals surface area contributed by atoms with E-state index in [4.69, 9.17) is 19.0 Å². The molecule has 0 aromatic carbocycles. The van der Waals surface area contributed by atoms with Crippen LogP contribution >= 0.6 is 0 Å². The second-order valence-corrected chi connectivity index (χ2v) is 2.64. The summed E-state index contributed by atoms with van der Waals surface area (Å²) in [6.45, 7) is 4.47. The van der Waals surface area contributed by atoms with Crippen LogP contribution in [0, 0.1) is 0 Å². The molecular formula is C5H13N2O3S-. The number of hydrogen-bond donors (Lipinski definition) is 2. The molecule has 0 spiro atoms. The molecule has 1 atom stereocenters. The molecule has 1 saturated heterocycles. The van der Waals surface area contributed by atoms with Gasteiger partial charge in [0.1, 0.15) is 0 Å². The van der Waals surface area contributed by atoms with Gasteiger partial charge in [0.2, 0.25) is 0 Å². The molecule has 0 bridgehead atoms. The van der Waals surface area contributed by atoms with Crippen LogP contribution in [0.5, 0.6) is 0 Å². The van der Waals surface area contributed by atoms with E-state index in [0.717, 1.165) is 13.1 Å². The van der Waals surface area contributed by atoms with Crippen molar-refractivity contribution >= 4 is 11.4 Å². The Balaban J connectivity index is 0.000000218. The predicted molar refractivity (Wildman–Crippen MR) is 41.7 cm³/mol. The van der Waals surface area contributed by atoms with Crippen molar-refractivity contribution in [1.82, 2.24) is 4.90 Å². The van der Waals surface area contributed by atoms with Gasteiger partial charge in [-0.3, -0.25) is 0 Å². The van der Waals surface area contributed by atoms with Gasteiger partial charge in [0, 0.05) is 13.1 Å². The standard InChI is InChI=1S/C5H12N2.H2O3S/c6-2-5-7-3-1-4-7;1-4(2)3/h1-6H2;(H2,1,2,3)/p-1. The van der Waals surface area contributed by atoms with Crippen LogP contribution in [-0.4, -0.2) is 44.4 Å². The first-order valence-electron chi connectivity index (χ1n) is 3.37. The molecule has 0 radical (unpaired) electrons. The van der Waals surface area contributed by atoms with Gasteiger partial charge in [0.05, 0.1) is 11.4 Å². The topological polar surface area (TPSA) is 89.6 Å². The molecule has 5 nitrogen and oxygen atoms in total. The Bertz CT molecular complexity index is 114. The van der Waals surface area contributed by atoms with Crippen LogP contribution in [0.2, 0.25) is 0 Å². The maximum Gasteiger partial charge on any atom is 0.0814 e. The summed E-state index contributed by atoms with van der Waals surface area (Å²) in [6, 6.07) is 0. The molecule has 1 rings (SSSR count). The minimum absolute atomic E-state index is 0.819. The molecule has 1 aliphatic rings. The Hall–Kier alpha value is -0.0100. The van der Waals surface area contributed by atoms with Crippen LogP contribution in [0.3, 0.4) is 0 Å². The predicted octanol–water partition coefficient (Wildman–Crippen LogP) is -1.01. The van der Waals surface area contributed by atoms with E-state index in [2.05, 4.69) is 4.90 Å². The van der Waals surface area contributed by atoms with Gasteiger partial charge in [-0.2, -0.15) is 0 Å². The number of nitrogens with zero attached hydrogens (tertiary/aromatic N) is 1. The van der Waals surface area contributed by atoms with Crippen LogP contribution in [-0.2, 0) is 11.4 Å². The Labute approximate surface area is 68.7 Å². The van der Waals surface area contributed by atoms with Crippen molar-refractivity contribution in [2.75, 3.05) is 26.2 Å². The van der Waals surface area contributed by atoms with E-state index in [0.29, 0.717) is 0 Å². The van der Waals surface area contributed by atoms with Crippen LogP contribution in [0.25, 0.3) is 0 Å². The summed E-state index contributed by atoms with van der Waals surface area (Å²) >= 11 is -2.86. The minimum atomic E-state index is -2.86. The number of rotatable bonds is 2. The van der Waals surface area contributed by atoms with E-state index in [1.165, 1.54) is 19.5 Å². The average molecular weight is 181 g/mol. The lowest BCUT2D eigenvalue weighted by Crippen LogP contribution is -2.40. The number of hydrogen-bond acceptors (Lipinski definition) is 4. The van der Waals surface area contributed by atoms with Crippen LogP contribution < -0.4 is 5.73 Å². The summed E-state index contributed by atoms with van der Waals surface area (Å²) in [5, 5.41) is 0. The van der Waals surface area contributed by atoms with Crippen molar-refractivity contribution in [3.63, 3.8) is 0 Å². The number of likely N-dealkylation sites (tertiary alicyclic amines) is 1. The van der Waals surface area contributed by atoms with Gasteiger partial charge in [-0.1, -0.05) is 0 Å². The Morgan fingerprint density at radius 1 is 1.64 bits per heavy atom. The first-order valence-corrected chi connectivity index (χ1v) is 4.40. The third-order valence-electron chi connectivity index (χ3n) is 1.39. The van der Waals surface area contributed by atoms with Crippen LogP contribution in [0.15, 0.2) is 0 Å². The third-order valence-corrected chi connectivity index (χ3v) is 1.39. The van der Waals surface area contributed by atoms with Crippen LogP contribution in [0.4, 0.5) is 0 Å². The SMILES string of the molecule is NCCN1CCC1.O=S([O-])O. The second kappa shape index (κ2) is 6.68. The minimum Gasteiger partial charge on any atom is -0.750 e. The van der Waals surface area contributed by atoms with Crippen molar-refractivity contribution in [2.24, 2.45) is 5.73 Å². The molecule has 0 aromatic heterocycles. The molecule has 1 aliphatic heterocycles. The van der Waals surface area contributed by atoms with Gasteiger partial charge in [0.25, 0.3) is 0 Å². The molecule has 1 heterocycles. The van der Waals surface area contributed by atoms with E-state index in [-0.39, 0.29) is 0 Å². The van der Waals surface area contributed by atoms with Crippen molar-refractivity contribution in [3.05, 3.63) is 0 Å². The monoisotopic (exact) mass is 181 g/mol. The van der Waals surface area contributed by atoms with E-state index in [9.17, 15) is 0 Å². The van der Waals surface area contributed by atoms with Gasteiger partial charge < -0.3 is 19.7 Å². The smallest absolute Gasteiger partial charge is 0.0814 e. The zero-order valence-electron chi connectivity index (χ0n) is 6.23. The summed E-state index contributed by atoms with van der Waals surface area (Å²) in [4.78, 5) is 2.36. The van der Waals surface area contributed by atoms with Crippen molar-refractivity contribution in [2.45, 2.75) is 6.42 Å². The molecular weight excluding hydrogens is 168 g/mol. The summed E-state index contributed by atoms with van der Waals surface area (Å²) in [7, 11) is 0. The fourth-order valence-electron chi connectivity index (χ4n) is 0.788. The van der Waals surface area contributed by atoms with E-state index in [1.807, 2.05) is 0 Å². The first-order chi connectivity index (χ1) is 5.16. The highest BCUT2D eigenvalue weighted by molar-refractivity contribution is 7.73. The van der Waals surface area contributed by atoms with E-state index in [1.54, 1.807) is 0 Å². The zero-order chi connectivity index (χ0) is 8.69. The van der Waals surface area contributed by atoms with Gasteiger partial charge in [0.15, 0.2) is 0 Å². The lowest BCUT2D eigenvalue weighted by Gasteiger charge is -2.29. The maximum absolute atomic E-state index is 8.56. The fraction of sp³-hybridized carbons (Fsp3) is 1.00. The summed E-state index contributed by atoms with van der Waals surface area (Å²) in [5.74, 6) is 0. The third kappa shape index (κ3) is 7.89. The Kier molecular flexibility index (Phi) is 6.68. The molecule has 0 aliphatic carbocycles. The summed E-state index contributed by atoms with van der Waals surface area (Å²) in [6.07, 6.45) is 1.38. The molecule has 0 aromatic rings. The molecule has 6 heteroatoms. The molecule has 1 fully saturated rings. The molecule has 1 unspecified atom stereocenters. The highest BCUT2D eigenvalue weighted by atomic mass is 32.2. The summed E-state index contributed by atoms with van der Waals surface area (Å²) in [5.41, 5.74) is 5.30. The zero-order valence-corrected chi connectivity index (χ0v) is 7.05. The van der Waals surface area contributed by atoms with Gasteiger partial charge >= 0.3 is 0 Å². The van der Waals surface area contributed by atoms with Gasteiger partial charge in [-0.25, -0.2) is 4.21 Å². The highest BCUT2D eigenvalue weighted by Gasteiger charge is 2.10. The molecule has 11 heavy (non-hydrogen) atoms.